The maximum atomic E-state index is 11.9. The molecule has 0 bridgehead atoms. The predicted octanol–water partition coefficient (Wildman–Crippen LogP) is -0.295. The molecule has 16 heavy (non-hydrogen) atoms. The lowest BCUT2D eigenvalue weighted by molar-refractivity contribution is -0.123. The van der Waals surface area contributed by atoms with Gasteiger partial charge >= 0.3 is 0 Å². The number of rotatable bonds is 1. The largest absolute Gasteiger partial charge is 0.337 e. The van der Waals surface area contributed by atoms with Crippen molar-refractivity contribution in [1.82, 2.24) is 20.6 Å². The van der Waals surface area contributed by atoms with Crippen LogP contribution in [0, 0.1) is 6.92 Å². The third-order valence-electron chi connectivity index (χ3n) is 2.63. The number of nitrogens with one attached hydrogen (secondary N) is 2. The molecule has 1 aromatic rings. The summed E-state index contributed by atoms with van der Waals surface area (Å²) in [5, 5.41) is 5.66. The Kier molecular flexibility index (Phi) is 2.34. The number of aliphatic imine (C=N–C) groups is 1. The average molecular weight is 219 g/mol. The van der Waals surface area contributed by atoms with E-state index in [2.05, 4.69) is 25.6 Å². The zero-order chi connectivity index (χ0) is 11.8. The number of carbonyl (C=O) groups excluding carboxylic acids is 1. The van der Waals surface area contributed by atoms with Gasteiger partial charge in [-0.3, -0.25) is 25.1 Å². The van der Waals surface area contributed by atoms with Gasteiger partial charge in [0.2, 0.25) is 0 Å². The Balaban J connectivity index is 2.48. The molecule has 84 valence electrons. The number of aryl methyl sites for hydroxylation is 1. The van der Waals surface area contributed by atoms with Gasteiger partial charge in [0, 0.05) is 19.4 Å². The van der Waals surface area contributed by atoms with Gasteiger partial charge in [0.05, 0.1) is 11.4 Å². The van der Waals surface area contributed by atoms with Gasteiger partial charge in [-0.25, -0.2) is 0 Å². The summed E-state index contributed by atoms with van der Waals surface area (Å²) in [6.07, 6.45) is 3.17. The van der Waals surface area contributed by atoms with Crippen LogP contribution in [-0.2, 0) is 10.3 Å². The molecule has 1 aromatic heterocycles. The molecule has 0 aromatic carbocycles. The van der Waals surface area contributed by atoms with Gasteiger partial charge in [-0.05, 0) is 13.8 Å². The van der Waals surface area contributed by atoms with Gasteiger partial charge in [-0.15, -0.1) is 0 Å². The number of amides is 1. The van der Waals surface area contributed by atoms with E-state index in [1.54, 1.807) is 26.4 Å². The third kappa shape index (κ3) is 1.42. The van der Waals surface area contributed by atoms with E-state index in [1.807, 2.05) is 6.92 Å². The molecule has 0 aliphatic carbocycles. The van der Waals surface area contributed by atoms with Crippen LogP contribution in [-0.4, -0.2) is 28.9 Å². The SMILES string of the molecule is CN=C1NC(=O)C(C)(c2nccnc2C)N1. The van der Waals surface area contributed by atoms with Gasteiger partial charge in [0.15, 0.2) is 11.5 Å². The van der Waals surface area contributed by atoms with Crippen molar-refractivity contribution in [3.05, 3.63) is 23.8 Å². The van der Waals surface area contributed by atoms with Crippen LogP contribution in [0.5, 0.6) is 0 Å². The third-order valence-corrected chi connectivity index (χ3v) is 2.63. The van der Waals surface area contributed by atoms with Gasteiger partial charge < -0.3 is 5.32 Å². The van der Waals surface area contributed by atoms with Crippen LogP contribution in [0.25, 0.3) is 0 Å². The summed E-state index contributed by atoms with van der Waals surface area (Å²) < 4.78 is 0. The number of aromatic nitrogens is 2. The molecule has 0 saturated carbocycles. The first-order chi connectivity index (χ1) is 7.58. The first-order valence-electron chi connectivity index (χ1n) is 4.92. The van der Waals surface area contributed by atoms with Crippen molar-refractivity contribution in [2.45, 2.75) is 19.4 Å². The molecule has 1 aliphatic rings. The summed E-state index contributed by atoms with van der Waals surface area (Å²) in [5.74, 6) is 0.286. The van der Waals surface area contributed by atoms with E-state index in [-0.39, 0.29) is 5.91 Å². The zero-order valence-corrected chi connectivity index (χ0v) is 9.40. The molecule has 2 rings (SSSR count). The minimum absolute atomic E-state index is 0.170. The van der Waals surface area contributed by atoms with Crippen molar-refractivity contribution < 1.29 is 4.79 Å². The lowest BCUT2D eigenvalue weighted by Gasteiger charge is -2.21. The van der Waals surface area contributed by atoms with Crippen LogP contribution in [0.3, 0.4) is 0 Å². The second-order valence-electron chi connectivity index (χ2n) is 3.77. The fraction of sp³-hybridized carbons (Fsp3) is 0.400. The van der Waals surface area contributed by atoms with Gasteiger partial charge in [0.25, 0.3) is 5.91 Å². The summed E-state index contributed by atoms with van der Waals surface area (Å²) in [6, 6.07) is 0. The average Bonchev–Trinajstić information content (AvgIpc) is 2.56. The lowest BCUT2D eigenvalue weighted by atomic mass is 9.96. The number of guanidine groups is 1. The highest BCUT2D eigenvalue weighted by atomic mass is 16.2. The maximum absolute atomic E-state index is 11.9. The Morgan fingerprint density at radius 3 is 2.62 bits per heavy atom. The number of hydrogen-bond donors (Lipinski definition) is 2. The predicted molar refractivity (Wildman–Crippen MR) is 58.8 cm³/mol. The summed E-state index contributed by atoms with van der Waals surface area (Å²) >= 11 is 0. The normalized spacial score (nSPS) is 26.7. The van der Waals surface area contributed by atoms with E-state index in [1.165, 1.54) is 0 Å². The quantitative estimate of drug-likeness (QED) is 0.680. The second kappa shape index (κ2) is 3.55. The Labute approximate surface area is 93.2 Å². The van der Waals surface area contributed by atoms with Crippen LogP contribution >= 0.6 is 0 Å². The molecule has 1 fully saturated rings. The fourth-order valence-corrected chi connectivity index (χ4v) is 1.73. The highest BCUT2D eigenvalue weighted by molar-refractivity contribution is 6.08. The Hall–Kier alpha value is -1.98. The molecule has 1 atom stereocenters. The van der Waals surface area contributed by atoms with E-state index >= 15 is 0 Å². The summed E-state index contributed by atoms with van der Waals surface area (Å²) in [5.41, 5.74) is 0.448. The standard InChI is InChI=1S/C10H13N5O/c1-6-7(13-5-4-12-6)10(2)8(16)14-9(11-3)15-10/h4-5H,1-3H3,(H2,11,14,15,16). The van der Waals surface area contributed by atoms with E-state index < -0.39 is 5.54 Å². The molecule has 0 radical (unpaired) electrons. The number of hydrogen-bond acceptors (Lipinski definition) is 4. The van der Waals surface area contributed by atoms with Crippen molar-refractivity contribution in [1.29, 1.82) is 0 Å². The molecule has 2 heterocycles. The van der Waals surface area contributed by atoms with Crippen molar-refractivity contribution in [2.24, 2.45) is 4.99 Å². The monoisotopic (exact) mass is 219 g/mol. The molecule has 1 aliphatic heterocycles. The van der Waals surface area contributed by atoms with E-state index in [4.69, 9.17) is 0 Å². The fourth-order valence-electron chi connectivity index (χ4n) is 1.73. The van der Waals surface area contributed by atoms with Crippen molar-refractivity contribution in [2.75, 3.05) is 7.05 Å². The van der Waals surface area contributed by atoms with Crippen molar-refractivity contribution >= 4 is 11.9 Å². The molecule has 6 heteroatoms. The molecule has 6 nitrogen and oxygen atoms in total. The first kappa shape index (κ1) is 10.5. The molecule has 1 unspecified atom stereocenters. The molecule has 1 saturated heterocycles. The maximum Gasteiger partial charge on any atom is 0.258 e. The Morgan fingerprint density at radius 1 is 1.38 bits per heavy atom. The Morgan fingerprint density at radius 2 is 2.06 bits per heavy atom. The summed E-state index contributed by atoms with van der Waals surface area (Å²) in [4.78, 5) is 24.2. The van der Waals surface area contributed by atoms with Crippen LogP contribution in [0.1, 0.15) is 18.3 Å². The molecular weight excluding hydrogens is 206 g/mol. The van der Waals surface area contributed by atoms with Crippen LogP contribution in [0.2, 0.25) is 0 Å². The highest BCUT2D eigenvalue weighted by Crippen LogP contribution is 2.23. The molecular formula is C10H13N5O. The summed E-state index contributed by atoms with van der Waals surface area (Å²) in [6.45, 7) is 3.58. The minimum atomic E-state index is -0.896. The second-order valence-corrected chi connectivity index (χ2v) is 3.77. The van der Waals surface area contributed by atoms with Gasteiger partial charge in [-0.2, -0.15) is 0 Å². The minimum Gasteiger partial charge on any atom is -0.337 e. The molecule has 0 spiro atoms. The smallest absolute Gasteiger partial charge is 0.258 e. The summed E-state index contributed by atoms with van der Waals surface area (Å²) in [7, 11) is 1.61. The Bertz CT molecular complexity index is 470. The first-order valence-corrected chi connectivity index (χ1v) is 4.92. The van der Waals surface area contributed by atoms with Crippen molar-refractivity contribution in [3.63, 3.8) is 0 Å². The zero-order valence-electron chi connectivity index (χ0n) is 9.40. The number of nitrogens with zero attached hydrogens (tertiary/aromatic N) is 3. The van der Waals surface area contributed by atoms with Crippen LogP contribution in [0.15, 0.2) is 17.4 Å². The molecule has 1 amide bonds. The van der Waals surface area contributed by atoms with E-state index in [0.29, 0.717) is 11.7 Å². The highest BCUT2D eigenvalue weighted by Gasteiger charge is 2.44. The molecule has 2 N–H and O–H groups in total. The van der Waals surface area contributed by atoms with Crippen LogP contribution < -0.4 is 10.6 Å². The number of carbonyl (C=O) groups is 1. The lowest BCUT2D eigenvalue weighted by Crippen LogP contribution is -2.42. The van der Waals surface area contributed by atoms with E-state index in [9.17, 15) is 4.79 Å². The van der Waals surface area contributed by atoms with Crippen LogP contribution in [0.4, 0.5) is 0 Å². The van der Waals surface area contributed by atoms with Gasteiger partial charge in [0.1, 0.15) is 0 Å². The van der Waals surface area contributed by atoms with E-state index in [0.717, 1.165) is 5.69 Å². The topological polar surface area (TPSA) is 79.3 Å². The van der Waals surface area contributed by atoms with Crippen molar-refractivity contribution in [3.8, 4) is 0 Å². The van der Waals surface area contributed by atoms with Gasteiger partial charge in [-0.1, -0.05) is 0 Å².